The van der Waals surface area contributed by atoms with E-state index < -0.39 is 22.5 Å². The lowest BCUT2D eigenvalue weighted by Gasteiger charge is -2.29. The van der Waals surface area contributed by atoms with Crippen LogP contribution in [0.2, 0.25) is 10.0 Å². The summed E-state index contributed by atoms with van der Waals surface area (Å²) in [6, 6.07) is 13.9. The summed E-state index contributed by atoms with van der Waals surface area (Å²) in [5, 5.41) is 2.15. The third kappa shape index (κ3) is 6.85. The number of sulfonamides is 1. The SMILES string of the molecule is O=C(CN(CC1CCCO1)S(=O)(=O)c1cc(Cl)ccc1Cl)N(Cc1ccc(F)cc1)Cc1cccs1. The van der Waals surface area contributed by atoms with Gasteiger partial charge in [0.05, 0.1) is 24.2 Å². The third-order valence-corrected chi connectivity index (χ3v) is 9.21. The largest absolute Gasteiger partial charge is 0.377 e. The van der Waals surface area contributed by atoms with E-state index in [9.17, 15) is 17.6 Å². The number of halogens is 3. The van der Waals surface area contributed by atoms with Gasteiger partial charge in [0.1, 0.15) is 10.7 Å². The summed E-state index contributed by atoms with van der Waals surface area (Å²) >= 11 is 13.8. The van der Waals surface area contributed by atoms with Crippen molar-refractivity contribution in [2.75, 3.05) is 19.7 Å². The number of hydrogen-bond donors (Lipinski definition) is 0. The average molecular weight is 572 g/mol. The molecule has 0 saturated carbocycles. The van der Waals surface area contributed by atoms with Crippen molar-refractivity contribution in [2.24, 2.45) is 0 Å². The molecule has 6 nitrogen and oxygen atoms in total. The molecule has 1 aromatic heterocycles. The van der Waals surface area contributed by atoms with Crippen LogP contribution in [0, 0.1) is 5.82 Å². The van der Waals surface area contributed by atoms with Crippen LogP contribution in [0.4, 0.5) is 4.39 Å². The highest BCUT2D eigenvalue weighted by Gasteiger charge is 2.33. The molecule has 1 aliphatic heterocycles. The van der Waals surface area contributed by atoms with Crippen molar-refractivity contribution in [2.45, 2.75) is 36.9 Å². The Balaban J connectivity index is 1.62. The van der Waals surface area contributed by atoms with Crippen LogP contribution in [0.25, 0.3) is 0 Å². The maximum atomic E-state index is 13.7. The molecular formula is C25H25Cl2FN2O4S2. The van der Waals surface area contributed by atoms with Crippen molar-refractivity contribution in [1.82, 2.24) is 9.21 Å². The van der Waals surface area contributed by atoms with Gasteiger partial charge < -0.3 is 9.64 Å². The van der Waals surface area contributed by atoms with Gasteiger partial charge in [0.15, 0.2) is 0 Å². The molecule has 0 aliphatic carbocycles. The van der Waals surface area contributed by atoms with Crippen LogP contribution in [0.1, 0.15) is 23.3 Å². The molecule has 1 aliphatic rings. The summed E-state index contributed by atoms with van der Waals surface area (Å²) in [6.45, 7) is 0.639. The number of nitrogens with zero attached hydrogens (tertiary/aromatic N) is 2. The molecule has 36 heavy (non-hydrogen) atoms. The minimum absolute atomic E-state index is 0.0142. The van der Waals surface area contributed by atoms with Crippen LogP contribution in [0.3, 0.4) is 0 Å². The molecule has 1 fully saturated rings. The van der Waals surface area contributed by atoms with Crippen LogP contribution >= 0.6 is 34.5 Å². The fourth-order valence-electron chi connectivity index (χ4n) is 3.96. The first-order chi connectivity index (χ1) is 17.2. The second kappa shape index (κ2) is 12.0. The molecule has 192 valence electrons. The quantitative estimate of drug-likeness (QED) is 0.318. The van der Waals surface area contributed by atoms with Gasteiger partial charge in [0.25, 0.3) is 0 Å². The molecule has 0 bridgehead atoms. The molecule has 2 heterocycles. The molecule has 0 radical (unpaired) electrons. The molecule has 1 amide bonds. The van der Waals surface area contributed by atoms with Gasteiger partial charge in [-0.05, 0) is 60.2 Å². The summed E-state index contributed by atoms with van der Waals surface area (Å²) < 4.78 is 47.6. The van der Waals surface area contributed by atoms with Crippen molar-refractivity contribution in [3.63, 3.8) is 0 Å². The van der Waals surface area contributed by atoms with Crippen LogP contribution in [0.5, 0.6) is 0 Å². The normalized spacial score (nSPS) is 15.9. The second-order valence-electron chi connectivity index (χ2n) is 8.46. The first-order valence-corrected chi connectivity index (χ1v) is 14.4. The number of benzene rings is 2. The number of rotatable bonds is 10. The van der Waals surface area contributed by atoms with Crippen LogP contribution in [0.15, 0.2) is 64.9 Å². The van der Waals surface area contributed by atoms with Gasteiger partial charge in [-0.25, -0.2) is 12.8 Å². The smallest absolute Gasteiger partial charge is 0.245 e. The molecule has 4 rings (SSSR count). The van der Waals surface area contributed by atoms with Gasteiger partial charge in [-0.1, -0.05) is 41.4 Å². The zero-order valence-electron chi connectivity index (χ0n) is 19.3. The predicted molar refractivity (Wildman–Crippen MR) is 139 cm³/mol. The minimum atomic E-state index is -4.17. The average Bonchev–Trinajstić information content (AvgIpc) is 3.55. The number of carbonyl (C=O) groups excluding carboxylic acids is 1. The maximum Gasteiger partial charge on any atom is 0.245 e. The molecular weight excluding hydrogens is 546 g/mol. The standard InChI is InChI=1S/C25H25Cl2FN2O4S2/c26-19-7-10-23(27)24(13-19)36(32,33)30(15-21-3-1-11-34-21)17-25(31)29(16-22-4-2-12-35-22)14-18-5-8-20(28)9-6-18/h2,4-10,12-13,21H,1,3,11,14-17H2. The van der Waals surface area contributed by atoms with Crippen LogP contribution in [-0.4, -0.2) is 49.3 Å². The van der Waals surface area contributed by atoms with E-state index in [1.807, 2.05) is 17.5 Å². The molecule has 11 heteroatoms. The molecule has 0 N–H and O–H groups in total. The van der Waals surface area contributed by atoms with Gasteiger partial charge in [0.2, 0.25) is 15.9 Å². The summed E-state index contributed by atoms with van der Waals surface area (Å²) in [6.07, 6.45) is 1.19. The summed E-state index contributed by atoms with van der Waals surface area (Å²) in [4.78, 5) is 16.0. The number of hydrogen-bond acceptors (Lipinski definition) is 5. The first kappa shape index (κ1) is 27.0. The van der Waals surface area contributed by atoms with Gasteiger partial charge in [-0.3, -0.25) is 4.79 Å². The summed E-state index contributed by atoms with van der Waals surface area (Å²) in [7, 11) is -4.17. The highest BCUT2D eigenvalue weighted by Crippen LogP contribution is 2.29. The molecule has 3 aromatic rings. The molecule has 1 saturated heterocycles. The van der Waals surface area contributed by atoms with Crippen molar-refractivity contribution >= 4 is 50.5 Å². The van der Waals surface area contributed by atoms with E-state index >= 15 is 0 Å². The monoisotopic (exact) mass is 570 g/mol. The van der Waals surface area contributed by atoms with Crippen molar-refractivity contribution < 1.29 is 22.3 Å². The van der Waals surface area contributed by atoms with E-state index in [1.54, 1.807) is 17.0 Å². The van der Waals surface area contributed by atoms with Gasteiger partial charge >= 0.3 is 0 Å². The van der Waals surface area contributed by atoms with Gasteiger partial charge in [-0.2, -0.15) is 4.31 Å². The topological polar surface area (TPSA) is 66.9 Å². The first-order valence-electron chi connectivity index (χ1n) is 11.3. The van der Waals surface area contributed by atoms with Crippen molar-refractivity contribution in [3.05, 3.63) is 86.3 Å². The fourth-order valence-corrected chi connectivity index (χ4v) is 6.84. The van der Waals surface area contributed by atoms with Crippen LogP contribution < -0.4 is 0 Å². The lowest BCUT2D eigenvalue weighted by molar-refractivity contribution is -0.132. The summed E-state index contributed by atoms with van der Waals surface area (Å²) in [5.74, 6) is -0.769. The molecule has 1 atom stereocenters. The zero-order chi connectivity index (χ0) is 25.7. The predicted octanol–water partition coefficient (Wildman–Crippen LogP) is 5.59. The number of thiophene rings is 1. The van der Waals surface area contributed by atoms with E-state index in [1.165, 1.54) is 41.7 Å². The van der Waals surface area contributed by atoms with E-state index in [-0.39, 0.29) is 40.0 Å². The summed E-state index contributed by atoms with van der Waals surface area (Å²) in [5.41, 5.74) is 0.729. The number of ether oxygens (including phenoxy) is 1. The highest BCUT2D eigenvalue weighted by molar-refractivity contribution is 7.89. The Morgan fingerprint density at radius 3 is 2.56 bits per heavy atom. The molecule has 2 aromatic carbocycles. The van der Waals surface area contributed by atoms with E-state index in [2.05, 4.69) is 0 Å². The van der Waals surface area contributed by atoms with Crippen molar-refractivity contribution in [1.29, 1.82) is 0 Å². The Labute approximate surface area is 224 Å². The van der Waals surface area contributed by atoms with Crippen molar-refractivity contribution in [3.8, 4) is 0 Å². The second-order valence-corrected chi connectivity index (χ2v) is 12.2. The molecule has 1 unspecified atom stereocenters. The van der Waals surface area contributed by atoms with E-state index in [4.69, 9.17) is 27.9 Å². The Bertz CT molecular complexity index is 1280. The Morgan fingerprint density at radius 1 is 1.11 bits per heavy atom. The van der Waals surface area contributed by atoms with Gasteiger partial charge in [-0.15, -0.1) is 11.3 Å². The lowest BCUT2D eigenvalue weighted by Crippen LogP contribution is -2.45. The Hall–Kier alpha value is -2.01. The maximum absolute atomic E-state index is 13.7. The van der Waals surface area contributed by atoms with E-state index in [0.717, 1.165) is 21.2 Å². The lowest BCUT2D eigenvalue weighted by atomic mass is 10.2. The Morgan fingerprint density at radius 2 is 1.89 bits per heavy atom. The zero-order valence-corrected chi connectivity index (χ0v) is 22.4. The van der Waals surface area contributed by atoms with E-state index in [0.29, 0.717) is 19.6 Å². The Kier molecular flexibility index (Phi) is 9.03. The minimum Gasteiger partial charge on any atom is -0.377 e. The van der Waals surface area contributed by atoms with Crippen LogP contribution in [-0.2, 0) is 32.6 Å². The van der Waals surface area contributed by atoms with Gasteiger partial charge in [0, 0.05) is 29.6 Å². The fraction of sp³-hybridized carbons (Fsp3) is 0.320. The highest BCUT2D eigenvalue weighted by atomic mass is 35.5. The number of amides is 1. The third-order valence-electron chi connectivity index (χ3n) is 5.82. The molecule has 0 spiro atoms. The number of carbonyl (C=O) groups is 1.